The van der Waals surface area contributed by atoms with Crippen LogP contribution in [0, 0.1) is 0 Å². The van der Waals surface area contributed by atoms with Crippen LogP contribution in [0.1, 0.15) is 39.5 Å². The maximum Gasteiger partial charge on any atom is 0.0697 e. The molecule has 0 aromatic heterocycles. The van der Waals surface area contributed by atoms with Crippen molar-refractivity contribution in [3.8, 4) is 0 Å². The summed E-state index contributed by atoms with van der Waals surface area (Å²) in [5.74, 6) is 0. The lowest BCUT2D eigenvalue weighted by Gasteiger charge is -2.13. The molecule has 0 bridgehead atoms. The Bertz CT molecular complexity index is 76.0. The Morgan fingerprint density at radius 1 is 1.27 bits per heavy atom. The highest BCUT2D eigenvalue weighted by atomic mass is 16.5. The van der Waals surface area contributed by atoms with E-state index < -0.39 is 0 Å². The van der Waals surface area contributed by atoms with E-state index in [-0.39, 0.29) is 0 Å². The van der Waals surface area contributed by atoms with Gasteiger partial charge in [0.2, 0.25) is 0 Å². The zero-order valence-corrected chi connectivity index (χ0v) is 7.81. The predicted octanol–water partition coefficient (Wildman–Crippen LogP) is 1.93. The fraction of sp³-hybridized carbons (Fsp3) is 1.00. The van der Waals surface area contributed by atoms with E-state index in [2.05, 4.69) is 6.92 Å². The Hall–Kier alpha value is -0.0800. The summed E-state index contributed by atoms with van der Waals surface area (Å²) in [5, 5.41) is 0. The molecule has 0 fully saturated rings. The third-order valence-electron chi connectivity index (χ3n) is 1.79. The van der Waals surface area contributed by atoms with Crippen molar-refractivity contribution in [2.24, 2.45) is 5.73 Å². The quantitative estimate of drug-likeness (QED) is 0.576. The van der Waals surface area contributed by atoms with E-state index in [9.17, 15) is 0 Å². The average molecular weight is 159 g/mol. The van der Waals surface area contributed by atoms with Crippen LogP contribution in [0.15, 0.2) is 0 Å². The standard InChI is InChI=1S/C9H21NO/c1-3-5-6-7-9(8-10)11-4-2/h9H,3-8,10H2,1-2H3. The van der Waals surface area contributed by atoms with E-state index >= 15 is 0 Å². The molecule has 2 nitrogen and oxygen atoms in total. The summed E-state index contributed by atoms with van der Waals surface area (Å²) >= 11 is 0. The summed E-state index contributed by atoms with van der Waals surface area (Å²) in [6, 6.07) is 0. The maximum atomic E-state index is 5.52. The first-order valence-electron chi connectivity index (χ1n) is 4.66. The average Bonchev–Trinajstić information content (AvgIpc) is 2.03. The van der Waals surface area contributed by atoms with Gasteiger partial charge in [-0.15, -0.1) is 0 Å². The van der Waals surface area contributed by atoms with E-state index in [4.69, 9.17) is 10.5 Å². The maximum absolute atomic E-state index is 5.52. The largest absolute Gasteiger partial charge is 0.377 e. The van der Waals surface area contributed by atoms with Gasteiger partial charge in [0.15, 0.2) is 0 Å². The Morgan fingerprint density at radius 2 is 2.00 bits per heavy atom. The molecule has 0 rings (SSSR count). The molecule has 0 saturated heterocycles. The second-order valence-corrected chi connectivity index (χ2v) is 2.81. The smallest absolute Gasteiger partial charge is 0.0697 e. The number of ether oxygens (including phenoxy) is 1. The third kappa shape index (κ3) is 6.32. The van der Waals surface area contributed by atoms with Gasteiger partial charge in [0.25, 0.3) is 0 Å². The minimum Gasteiger partial charge on any atom is -0.377 e. The molecule has 11 heavy (non-hydrogen) atoms. The van der Waals surface area contributed by atoms with E-state index in [1.165, 1.54) is 19.3 Å². The fourth-order valence-electron chi connectivity index (χ4n) is 1.13. The number of nitrogens with two attached hydrogens (primary N) is 1. The molecule has 0 aliphatic heterocycles. The number of hydrogen-bond acceptors (Lipinski definition) is 2. The summed E-state index contributed by atoms with van der Waals surface area (Å²) < 4.78 is 5.41. The van der Waals surface area contributed by atoms with Gasteiger partial charge in [-0.2, -0.15) is 0 Å². The molecule has 0 aliphatic carbocycles. The van der Waals surface area contributed by atoms with Gasteiger partial charge in [0, 0.05) is 13.2 Å². The number of unbranched alkanes of at least 4 members (excludes halogenated alkanes) is 2. The SMILES string of the molecule is CCCCCC(CN)OCC. The van der Waals surface area contributed by atoms with Crippen molar-refractivity contribution in [1.29, 1.82) is 0 Å². The van der Waals surface area contributed by atoms with Gasteiger partial charge in [-0.1, -0.05) is 26.2 Å². The van der Waals surface area contributed by atoms with Crippen LogP contribution in [0.5, 0.6) is 0 Å². The molecule has 1 unspecified atom stereocenters. The van der Waals surface area contributed by atoms with Gasteiger partial charge in [-0.05, 0) is 13.3 Å². The highest BCUT2D eigenvalue weighted by Crippen LogP contribution is 2.05. The van der Waals surface area contributed by atoms with Crippen molar-refractivity contribution in [2.45, 2.75) is 45.6 Å². The summed E-state index contributed by atoms with van der Waals surface area (Å²) in [6.45, 7) is 5.67. The van der Waals surface area contributed by atoms with Gasteiger partial charge in [0.05, 0.1) is 6.10 Å². The van der Waals surface area contributed by atoms with E-state index in [0.717, 1.165) is 13.0 Å². The zero-order valence-electron chi connectivity index (χ0n) is 7.81. The number of hydrogen-bond donors (Lipinski definition) is 1. The Kier molecular flexibility index (Phi) is 7.96. The Balaban J connectivity index is 3.20. The van der Waals surface area contributed by atoms with Gasteiger partial charge >= 0.3 is 0 Å². The van der Waals surface area contributed by atoms with Crippen LogP contribution in [0.2, 0.25) is 0 Å². The lowest BCUT2D eigenvalue weighted by molar-refractivity contribution is 0.0612. The monoisotopic (exact) mass is 159 g/mol. The van der Waals surface area contributed by atoms with Crippen molar-refractivity contribution in [1.82, 2.24) is 0 Å². The van der Waals surface area contributed by atoms with Gasteiger partial charge in [-0.25, -0.2) is 0 Å². The van der Waals surface area contributed by atoms with Crippen LogP contribution < -0.4 is 5.73 Å². The van der Waals surface area contributed by atoms with Crippen LogP contribution >= 0.6 is 0 Å². The van der Waals surface area contributed by atoms with Crippen molar-refractivity contribution < 1.29 is 4.74 Å². The molecule has 2 heteroatoms. The van der Waals surface area contributed by atoms with Crippen LogP contribution in [-0.4, -0.2) is 19.3 Å². The minimum atomic E-state index is 0.298. The molecule has 0 spiro atoms. The molecule has 0 saturated carbocycles. The van der Waals surface area contributed by atoms with Crippen LogP contribution in [0.4, 0.5) is 0 Å². The highest BCUT2D eigenvalue weighted by Gasteiger charge is 2.03. The molecule has 0 heterocycles. The topological polar surface area (TPSA) is 35.2 Å². The Labute approximate surface area is 70.1 Å². The first kappa shape index (κ1) is 10.9. The second-order valence-electron chi connectivity index (χ2n) is 2.81. The molecule has 1 atom stereocenters. The third-order valence-corrected chi connectivity index (χ3v) is 1.79. The summed E-state index contributed by atoms with van der Waals surface area (Å²) in [4.78, 5) is 0. The van der Waals surface area contributed by atoms with E-state index in [1.807, 2.05) is 6.92 Å². The second kappa shape index (κ2) is 8.02. The predicted molar refractivity (Wildman–Crippen MR) is 48.6 cm³/mol. The lowest BCUT2D eigenvalue weighted by atomic mass is 10.1. The van der Waals surface area contributed by atoms with Gasteiger partial charge in [0.1, 0.15) is 0 Å². The Morgan fingerprint density at radius 3 is 2.45 bits per heavy atom. The van der Waals surface area contributed by atoms with Crippen LogP contribution in [0.3, 0.4) is 0 Å². The molecule has 0 aromatic rings. The first-order chi connectivity index (χ1) is 5.35. The van der Waals surface area contributed by atoms with Gasteiger partial charge < -0.3 is 10.5 Å². The van der Waals surface area contributed by atoms with E-state index in [0.29, 0.717) is 12.6 Å². The minimum absolute atomic E-state index is 0.298. The molecular weight excluding hydrogens is 138 g/mol. The lowest BCUT2D eigenvalue weighted by Crippen LogP contribution is -2.23. The highest BCUT2D eigenvalue weighted by molar-refractivity contribution is 4.57. The summed E-state index contributed by atoms with van der Waals surface area (Å²) in [5.41, 5.74) is 5.52. The molecule has 0 aromatic carbocycles. The van der Waals surface area contributed by atoms with Crippen LogP contribution in [-0.2, 0) is 4.74 Å². The molecule has 2 N–H and O–H groups in total. The number of rotatable bonds is 7. The van der Waals surface area contributed by atoms with Crippen molar-refractivity contribution >= 4 is 0 Å². The first-order valence-corrected chi connectivity index (χ1v) is 4.66. The van der Waals surface area contributed by atoms with Crippen LogP contribution in [0.25, 0.3) is 0 Å². The summed E-state index contributed by atoms with van der Waals surface area (Å²) in [6.07, 6.45) is 5.23. The zero-order chi connectivity index (χ0) is 8.53. The van der Waals surface area contributed by atoms with Gasteiger partial charge in [-0.3, -0.25) is 0 Å². The fourth-order valence-corrected chi connectivity index (χ4v) is 1.13. The van der Waals surface area contributed by atoms with Crippen molar-refractivity contribution in [2.75, 3.05) is 13.2 Å². The normalized spacial score (nSPS) is 13.4. The van der Waals surface area contributed by atoms with Crippen molar-refractivity contribution in [3.63, 3.8) is 0 Å². The van der Waals surface area contributed by atoms with E-state index in [1.54, 1.807) is 0 Å². The molecule has 0 aliphatic rings. The molecule has 0 amide bonds. The molecule has 0 radical (unpaired) electrons. The summed E-state index contributed by atoms with van der Waals surface area (Å²) in [7, 11) is 0. The molecular formula is C9H21NO. The molecule has 68 valence electrons. The van der Waals surface area contributed by atoms with Crippen molar-refractivity contribution in [3.05, 3.63) is 0 Å².